The Balaban J connectivity index is 0.873. The normalized spacial score (nSPS) is 14.1. The zero-order valence-electron chi connectivity index (χ0n) is 37.6. The third kappa shape index (κ3) is 6.44. The van der Waals surface area contributed by atoms with E-state index in [0.29, 0.717) is 0 Å². The molecule has 0 radical (unpaired) electrons. The van der Waals surface area contributed by atoms with Crippen LogP contribution in [0.15, 0.2) is 265 Å². The molecule has 2 aliphatic rings. The first-order valence-electron chi connectivity index (χ1n) is 23.7. The van der Waals surface area contributed by atoms with Gasteiger partial charge in [-0.25, -0.2) is 0 Å². The van der Waals surface area contributed by atoms with E-state index in [-0.39, 0.29) is 5.92 Å². The maximum Gasteiger partial charge on any atom is 0.0598 e. The van der Waals surface area contributed by atoms with Crippen LogP contribution in [0.2, 0.25) is 0 Å². The van der Waals surface area contributed by atoms with E-state index in [1.807, 2.05) is 11.8 Å². The fourth-order valence-electron chi connectivity index (χ4n) is 11.1. The Labute approximate surface area is 405 Å². The number of rotatable bonds is 7. The number of allylic oxidation sites excluding steroid dienone is 1. The molecular weight excluding hydrogens is 855 g/mol. The standard InChI is InChI=1S/C65H43N3S/c1-3-15-43(16-4-1)44-29-31-48(32-30-44)66(49-33-35-50(36-34-49)67-59-23-11-9-19-55(59)56-20-10-12-24-60(56)67)51-37-39-53-46(41-51)27-28-47-42-52(38-40-54(47)53)68-61-25-13-14-26-62(61)69-65-58-22-8-7-21-57(58)63(64(65)68)45-17-5-2-6-18-45/h1-42,63H. The van der Waals surface area contributed by atoms with Crippen molar-refractivity contribution in [3.05, 3.63) is 277 Å². The molecular formula is C65H43N3S. The van der Waals surface area contributed by atoms with Crippen molar-refractivity contribution in [3.8, 4) is 16.8 Å². The third-order valence-electron chi connectivity index (χ3n) is 14.2. The Morgan fingerprint density at radius 1 is 0.391 bits per heavy atom. The van der Waals surface area contributed by atoms with Gasteiger partial charge in [0.2, 0.25) is 0 Å². The average Bonchev–Trinajstić information content (AvgIpc) is 3.93. The monoisotopic (exact) mass is 897 g/mol. The maximum atomic E-state index is 2.54. The second-order valence-electron chi connectivity index (χ2n) is 18.1. The van der Waals surface area contributed by atoms with E-state index in [0.717, 1.165) is 22.7 Å². The van der Waals surface area contributed by atoms with E-state index in [1.165, 1.54) is 98.0 Å². The molecule has 3 nitrogen and oxygen atoms in total. The summed E-state index contributed by atoms with van der Waals surface area (Å²) in [6.07, 6.45) is 0. The molecule has 0 amide bonds. The van der Waals surface area contributed by atoms with Crippen LogP contribution in [-0.2, 0) is 0 Å². The number of anilines is 5. The van der Waals surface area contributed by atoms with Crippen LogP contribution in [0.5, 0.6) is 0 Å². The summed E-state index contributed by atoms with van der Waals surface area (Å²) in [5.74, 6) is 0.117. The molecule has 14 rings (SSSR count). The zero-order chi connectivity index (χ0) is 45.4. The van der Waals surface area contributed by atoms with Gasteiger partial charge in [-0.05, 0) is 134 Å². The number of hydrogen-bond acceptors (Lipinski definition) is 3. The number of aromatic nitrogens is 1. The molecule has 0 bridgehead atoms. The van der Waals surface area contributed by atoms with Gasteiger partial charge in [0.1, 0.15) is 0 Å². The molecule has 1 aliphatic carbocycles. The smallest absolute Gasteiger partial charge is 0.0598 e. The van der Waals surface area contributed by atoms with Crippen molar-refractivity contribution in [2.45, 2.75) is 10.8 Å². The fourth-order valence-corrected chi connectivity index (χ4v) is 12.3. The van der Waals surface area contributed by atoms with Gasteiger partial charge in [0, 0.05) is 54.7 Å². The molecule has 1 aliphatic heterocycles. The van der Waals surface area contributed by atoms with Gasteiger partial charge in [-0.1, -0.05) is 182 Å². The third-order valence-corrected chi connectivity index (χ3v) is 15.4. The van der Waals surface area contributed by atoms with Crippen molar-refractivity contribution < 1.29 is 0 Å². The Bertz CT molecular complexity index is 3930. The average molecular weight is 898 g/mol. The quantitative estimate of drug-likeness (QED) is 0.148. The molecule has 69 heavy (non-hydrogen) atoms. The van der Waals surface area contributed by atoms with Crippen LogP contribution in [0, 0.1) is 0 Å². The van der Waals surface area contributed by atoms with Gasteiger partial charge in [0.15, 0.2) is 0 Å². The number of benzene rings is 11. The van der Waals surface area contributed by atoms with Crippen molar-refractivity contribution in [3.63, 3.8) is 0 Å². The lowest BCUT2D eigenvalue weighted by atomic mass is 9.90. The summed E-state index contributed by atoms with van der Waals surface area (Å²) in [5, 5.41) is 7.40. The molecule has 11 aromatic carbocycles. The Kier molecular flexibility index (Phi) is 9.21. The van der Waals surface area contributed by atoms with Crippen LogP contribution in [0.25, 0.3) is 65.1 Å². The van der Waals surface area contributed by atoms with Crippen LogP contribution in [0.3, 0.4) is 0 Å². The van der Waals surface area contributed by atoms with Crippen molar-refractivity contribution in [1.82, 2.24) is 4.57 Å². The van der Waals surface area contributed by atoms with Crippen LogP contribution in [-0.4, -0.2) is 4.57 Å². The SMILES string of the molecule is c1ccc(-c2ccc(N(c3ccc(-n4c5ccccc5c5ccccc54)cc3)c3ccc4c(ccc5cc(N6C7=C(Sc8ccccc86)c6ccccc6C7c6ccccc6)ccc54)c3)cc2)cc1. The van der Waals surface area contributed by atoms with Crippen molar-refractivity contribution in [2.24, 2.45) is 0 Å². The van der Waals surface area contributed by atoms with Crippen molar-refractivity contribution >= 4 is 88.5 Å². The highest BCUT2D eigenvalue weighted by molar-refractivity contribution is 8.08. The molecule has 1 atom stereocenters. The van der Waals surface area contributed by atoms with Crippen LogP contribution >= 0.6 is 11.8 Å². The molecule has 0 spiro atoms. The largest absolute Gasteiger partial charge is 0.311 e. The molecule has 324 valence electrons. The predicted molar refractivity (Wildman–Crippen MR) is 292 cm³/mol. The first-order valence-corrected chi connectivity index (χ1v) is 24.5. The van der Waals surface area contributed by atoms with E-state index in [1.54, 1.807) is 0 Å². The summed E-state index contributed by atoms with van der Waals surface area (Å²) >= 11 is 1.91. The summed E-state index contributed by atoms with van der Waals surface area (Å²) in [6.45, 7) is 0. The summed E-state index contributed by atoms with van der Waals surface area (Å²) in [4.78, 5) is 7.53. The first-order chi connectivity index (χ1) is 34.2. The highest BCUT2D eigenvalue weighted by Gasteiger charge is 2.40. The molecule has 1 unspecified atom stereocenters. The van der Waals surface area contributed by atoms with Gasteiger partial charge in [-0.2, -0.15) is 0 Å². The second kappa shape index (κ2) is 16.1. The van der Waals surface area contributed by atoms with E-state index in [9.17, 15) is 0 Å². The molecule has 0 fully saturated rings. The van der Waals surface area contributed by atoms with Crippen LogP contribution in [0.4, 0.5) is 28.4 Å². The minimum Gasteiger partial charge on any atom is -0.311 e. The Morgan fingerprint density at radius 3 is 1.68 bits per heavy atom. The van der Waals surface area contributed by atoms with Gasteiger partial charge in [0.05, 0.1) is 22.6 Å². The molecule has 2 heterocycles. The topological polar surface area (TPSA) is 11.4 Å². The summed E-state index contributed by atoms with van der Waals surface area (Å²) in [5.41, 5.74) is 16.9. The van der Waals surface area contributed by atoms with E-state index in [4.69, 9.17) is 0 Å². The molecule has 0 saturated heterocycles. The molecule has 1 aromatic heterocycles. The molecule has 0 saturated carbocycles. The number of hydrogen-bond donors (Lipinski definition) is 0. The second-order valence-corrected chi connectivity index (χ2v) is 19.1. The summed E-state index contributed by atoms with van der Waals surface area (Å²) in [6, 6.07) is 93.5. The lowest BCUT2D eigenvalue weighted by Crippen LogP contribution is -2.23. The number of fused-ring (bicyclic) bond motifs is 9. The molecule has 12 aromatic rings. The molecule has 0 N–H and O–H groups in total. The summed E-state index contributed by atoms with van der Waals surface area (Å²) in [7, 11) is 0. The minimum atomic E-state index is 0.117. The lowest BCUT2D eigenvalue weighted by molar-refractivity contribution is 0.924. The van der Waals surface area contributed by atoms with Crippen molar-refractivity contribution in [1.29, 1.82) is 0 Å². The molecule has 4 heteroatoms. The van der Waals surface area contributed by atoms with Gasteiger partial charge in [0.25, 0.3) is 0 Å². The highest BCUT2D eigenvalue weighted by atomic mass is 32.2. The zero-order valence-corrected chi connectivity index (χ0v) is 38.4. The maximum absolute atomic E-state index is 2.54. The lowest BCUT2D eigenvalue weighted by Gasteiger charge is -2.36. The predicted octanol–water partition coefficient (Wildman–Crippen LogP) is 18.0. The van der Waals surface area contributed by atoms with E-state index >= 15 is 0 Å². The number of nitrogens with zero attached hydrogens (tertiary/aromatic N) is 3. The Morgan fingerprint density at radius 2 is 0.942 bits per heavy atom. The van der Waals surface area contributed by atoms with E-state index in [2.05, 4.69) is 269 Å². The number of thioether (sulfide) groups is 1. The van der Waals surface area contributed by atoms with Gasteiger partial charge in [-0.3, -0.25) is 0 Å². The summed E-state index contributed by atoms with van der Waals surface area (Å²) < 4.78 is 2.38. The highest BCUT2D eigenvalue weighted by Crippen LogP contribution is 2.60. The van der Waals surface area contributed by atoms with Gasteiger partial charge >= 0.3 is 0 Å². The fraction of sp³-hybridized carbons (Fsp3) is 0.0154. The van der Waals surface area contributed by atoms with Gasteiger partial charge in [-0.15, -0.1) is 0 Å². The van der Waals surface area contributed by atoms with Crippen LogP contribution in [0.1, 0.15) is 22.6 Å². The first kappa shape index (κ1) is 39.6. The van der Waals surface area contributed by atoms with Crippen molar-refractivity contribution in [2.75, 3.05) is 9.80 Å². The van der Waals surface area contributed by atoms with Crippen LogP contribution < -0.4 is 9.80 Å². The number of para-hydroxylation sites is 3. The van der Waals surface area contributed by atoms with E-state index < -0.39 is 0 Å². The Hall–Kier alpha value is -8.57. The minimum absolute atomic E-state index is 0.117. The van der Waals surface area contributed by atoms with Gasteiger partial charge < -0.3 is 14.4 Å².